The van der Waals surface area contributed by atoms with Crippen LogP contribution in [0, 0.1) is 0 Å². The van der Waals surface area contributed by atoms with E-state index in [-0.39, 0.29) is 16.5 Å². The van der Waals surface area contributed by atoms with E-state index < -0.39 is 0 Å². The summed E-state index contributed by atoms with van der Waals surface area (Å²) in [5.74, 6) is 0.110. The van der Waals surface area contributed by atoms with E-state index in [2.05, 4.69) is 10.3 Å². The van der Waals surface area contributed by atoms with Gasteiger partial charge in [-0.05, 0) is 13.0 Å². The summed E-state index contributed by atoms with van der Waals surface area (Å²) in [4.78, 5) is 15.2. The van der Waals surface area contributed by atoms with Crippen LogP contribution in [0.4, 0.5) is 0 Å². The minimum absolute atomic E-state index is 0.0465. The Labute approximate surface area is 80.9 Å². The van der Waals surface area contributed by atoms with Crippen LogP contribution in [0.2, 0.25) is 0 Å². The number of nitrogens with zero attached hydrogens (tertiary/aromatic N) is 1. The standard InChI is InChI=1S/C9H10N2OS/c1-6-8(12)11-9(13-6)7-3-2-4-10-5-7/h2-6,9H,1H3,(H,11,12)/t6-,9+/m1/s1. The van der Waals surface area contributed by atoms with Crippen LogP contribution in [0.3, 0.4) is 0 Å². The molecule has 1 amide bonds. The molecular weight excluding hydrogens is 184 g/mol. The van der Waals surface area contributed by atoms with Crippen molar-refractivity contribution < 1.29 is 4.79 Å². The number of carbonyl (C=O) groups excluding carboxylic acids is 1. The first-order chi connectivity index (χ1) is 6.27. The average Bonchev–Trinajstić information content (AvgIpc) is 2.49. The lowest BCUT2D eigenvalue weighted by molar-refractivity contribution is -0.119. The molecule has 1 saturated heterocycles. The smallest absolute Gasteiger partial charge is 0.234 e. The fourth-order valence-corrected chi connectivity index (χ4v) is 2.32. The van der Waals surface area contributed by atoms with Gasteiger partial charge in [-0.3, -0.25) is 9.78 Å². The van der Waals surface area contributed by atoms with Gasteiger partial charge in [-0.1, -0.05) is 6.07 Å². The fraction of sp³-hybridized carbons (Fsp3) is 0.333. The lowest BCUT2D eigenvalue weighted by Crippen LogP contribution is -2.22. The van der Waals surface area contributed by atoms with Gasteiger partial charge in [-0.2, -0.15) is 0 Å². The molecule has 0 aliphatic carbocycles. The van der Waals surface area contributed by atoms with Crippen LogP contribution in [0.15, 0.2) is 24.5 Å². The highest BCUT2D eigenvalue weighted by molar-refractivity contribution is 8.01. The molecule has 3 nitrogen and oxygen atoms in total. The monoisotopic (exact) mass is 194 g/mol. The summed E-state index contributed by atoms with van der Waals surface area (Å²) in [7, 11) is 0. The maximum Gasteiger partial charge on any atom is 0.234 e. The van der Waals surface area contributed by atoms with Crippen molar-refractivity contribution in [3.63, 3.8) is 0 Å². The largest absolute Gasteiger partial charge is 0.339 e. The van der Waals surface area contributed by atoms with Gasteiger partial charge < -0.3 is 5.32 Å². The van der Waals surface area contributed by atoms with Gasteiger partial charge in [0.25, 0.3) is 0 Å². The predicted octanol–water partition coefficient (Wildman–Crippen LogP) is 1.33. The number of nitrogens with one attached hydrogen (secondary N) is 1. The number of amides is 1. The molecule has 0 unspecified atom stereocenters. The van der Waals surface area contributed by atoms with Crippen molar-refractivity contribution in [2.24, 2.45) is 0 Å². The van der Waals surface area contributed by atoms with Crippen LogP contribution in [0.1, 0.15) is 17.9 Å². The van der Waals surface area contributed by atoms with Crippen LogP contribution in [0.5, 0.6) is 0 Å². The fourth-order valence-electron chi connectivity index (χ4n) is 1.24. The first-order valence-electron chi connectivity index (χ1n) is 4.13. The summed E-state index contributed by atoms with van der Waals surface area (Å²) < 4.78 is 0. The van der Waals surface area contributed by atoms with Gasteiger partial charge in [0.05, 0.1) is 5.25 Å². The zero-order chi connectivity index (χ0) is 9.26. The van der Waals surface area contributed by atoms with Crippen LogP contribution in [-0.2, 0) is 4.79 Å². The van der Waals surface area contributed by atoms with Crippen molar-refractivity contribution >= 4 is 17.7 Å². The second-order valence-corrected chi connectivity index (χ2v) is 4.40. The molecule has 1 aliphatic rings. The Kier molecular flexibility index (Phi) is 2.22. The van der Waals surface area contributed by atoms with Gasteiger partial charge in [-0.25, -0.2) is 0 Å². The van der Waals surface area contributed by atoms with E-state index >= 15 is 0 Å². The second-order valence-electron chi connectivity index (χ2n) is 2.95. The van der Waals surface area contributed by atoms with E-state index in [9.17, 15) is 4.79 Å². The van der Waals surface area contributed by atoms with Crippen molar-refractivity contribution in [3.8, 4) is 0 Å². The number of hydrogen-bond donors (Lipinski definition) is 1. The highest BCUT2D eigenvalue weighted by Crippen LogP contribution is 2.34. The molecule has 0 spiro atoms. The zero-order valence-electron chi connectivity index (χ0n) is 7.23. The van der Waals surface area contributed by atoms with Crippen molar-refractivity contribution in [2.45, 2.75) is 17.5 Å². The van der Waals surface area contributed by atoms with E-state index in [0.717, 1.165) is 5.56 Å². The molecule has 0 bridgehead atoms. The number of aromatic nitrogens is 1. The summed E-state index contributed by atoms with van der Waals surface area (Å²) in [5, 5.41) is 3.03. The molecule has 0 saturated carbocycles. The molecule has 2 heterocycles. The second kappa shape index (κ2) is 3.38. The Hall–Kier alpha value is -1.03. The topological polar surface area (TPSA) is 42.0 Å². The van der Waals surface area contributed by atoms with Gasteiger partial charge in [0, 0.05) is 18.0 Å². The van der Waals surface area contributed by atoms with Crippen LogP contribution < -0.4 is 5.32 Å². The summed E-state index contributed by atoms with van der Waals surface area (Å²) >= 11 is 1.63. The third-order valence-electron chi connectivity index (χ3n) is 1.97. The predicted molar refractivity (Wildman–Crippen MR) is 52.2 cm³/mol. The molecule has 1 aromatic heterocycles. The van der Waals surface area contributed by atoms with E-state index in [1.807, 2.05) is 19.1 Å². The molecule has 2 atom stereocenters. The average molecular weight is 194 g/mol. The molecular formula is C9H10N2OS. The maximum atomic E-state index is 11.2. The van der Waals surface area contributed by atoms with Crippen LogP contribution in [-0.4, -0.2) is 16.1 Å². The number of hydrogen-bond acceptors (Lipinski definition) is 3. The lowest BCUT2D eigenvalue weighted by atomic mass is 10.3. The molecule has 1 fully saturated rings. The van der Waals surface area contributed by atoms with Crippen LogP contribution >= 0.6 is 11.8 Å². The molecule has 1 aromatic rings. The number of carbonyl (C=O) groups is 1. The Morgan fingerprint density at radius 1 is 1.62 bits per heavy atom. The van der Waals surface area contributed by atoms with Gasteiger partial charge in [-0.15, -0.1) is 11.8 Å². The molecule has 0 aromatic carbocycles. The van der Waals surface area contributed by atoms with Gasteiger partial charge >= 0.3 is 0 Å². The maximum absolute atomic E-state index is 11.2. The molecule has 1 aliphatic heterocycles. The van der Waals surface area contributed by atoms with E-state index in [1.54, 1.807) is 24.2 Å². The summed E-state index contributed by atoms with van der Waals surface area (Å²) in [6.07, 6.45) is 3.52. The van der Waals surface area contributed by atoms with Crippen molar-refractivity contribution in [3.05, 3.63) is 30.1 Å². The Morgan fingerprint density at radius 2 is 2.46 bits per heavy atom. The number of rotatable bonds is 1. The first-order valence-corrected chi connectivity index (χ1v) is 5.07. The number of pyridine rings is 1. The van der Waals surface area contributed by atoms with Gasteiger partial charge in [0.1, 0.15) is 5.37 Å². The Morgan fingerprint density at radius 3 is 3.00 bits per heavy atom. The highest BCUT2D eigenvalue weighted by atomic mass is 32.2. The van der Waals surface area contributed by atoms with Gasteiger partial charge in [0.2, 0.25) is 5.91 Å². The summed E-state index contributed by atoms with van der Waals surface area (Å²) in [5.41, 5.74) is 1.06. The quantitative estimate of drug-likeness (QED) is 0.733. The third kappa shape index (κ3) is 1.67. The zero-order valence-corrected chi connectivity index (χ0v) is 8.04. The van der Waals surface area contributed by atoms with Crippen LogP contribution in [0.25, 0.3) is 0 Å². The minimum atomic E-state index is 0.0465. The molecule has 1 N–H and O–H groups in total. The van der Waals surface area contributed by atoms with Crippen molar-refractivity contribution in [2.75, 3.05) is 0 Å². The lowest BCUT2D eigenvalue weighted by Gasteiger charge is -2.07. The van der Waals surface area contributed by atoms with E-state index in [1.165, 1.54) is 0 Å². The Balaban J connectivity index is 2.17. The first kappa shape index (κ1) is 8.56. The SMILES string of the molecule is C[C@H]1S[C@@H](c2cccnc2)NC1=O. The van der Waals surface area contributed by atoms with Crippen molar-refractivity contribution in [1.29, 1.82) is 0 Å². The third-order valence-corrected chi connectivity index (χ3v) is 3.25. The van der Waals surface area contributed by atoms with E-state index in [0.29, 0.717) is 0 Å². The van der Waals surface area contributed by atoms with Gasteiger partial charge in [0.15, 0.2) is 0 Å². The van der Waals surface area contributed by atoms with Crippen molar-refractivity contribution in [1.82, 2.24) is 10.3 Å². The molecule has 13 heavy (non-hydrogen) atoms. The summed E-state index contributed by atoms with van der Waals surface area (Å²) in [6.45, 7) is 1.91. The minimum Gasteiger partial charge on any atom is -0.339 e. The molecule has 0 radical (unpaired) electrons. The molecule has 68 valence electrons. The Bertz CT molecular complexity index is 315. The molecule has 4 heteroatoms. The summed E-state index contributed by atoms with van der Waals surface area (Å²) in [6, 6.07) is 3.86. The molecule has 2 rings (SSSR count). The highest BCUT2D eigenvalue weighted by Gasteiger charge is 2.29. The van der Waals surface area contributed by atoms with E-state index in [4.69, 9.17) is 0 Å². The number of thioether (sulfide) groups is 1. The normalized spacial score (nSPS) is 27.3.